The Morgan fingerprint density at radius 1 is 1.35 bits per heavy atom. The summed E-state index contributed by atoms with van der Waals surface area (Å²) in [6.45, 7) is 7.16. The summed E-state index contributed by atoms with van der Waals surface area (Å²) in [7, 11) is 0. The number of hydrogen-bond acceptors (Lipinski definition) is 4. The first-order valence-corrected chi connectivity index (χ1v) is 7.69. The molecule has 3 rings (SSSR count). The minimum atomic E-state index is 0.170. The van der Waals surface area contributed by atoms with Gasteiger partial charge in [0.05, 0.1) is 12.7 Å². The van der Waals surface area contributed by atoms with Crippen molar-refractivity contribution in [2.45, 2.75) is 31.5 Å². The van der Waals surface area contributed by atoms with Crippen molar-refractivity contribution in [2.75, 3.05) is 32.8 Å². The maximum absolute atomic E-state index is 6.21. The molecule has 0 radical (unpaired) electrons. The molecule has 110 valence electrons. The van der Waals surface area contributed by atoms with E-state index < -0.39 is 0 Å². The largest absolute Gasteiger partial charge is 0.374 e. The summed E-state index contributed by atoms with van der Waals surface area (Å²) in [4.78, 5) is 2.45. The Balaban J connectivity index is 1.57. The predicted molar refractivity (Wildman–Crippen MR) is 80.6 cm³/mol. The van der Waals surface area contributed by atoms with Gasteiger partial charge in [0.2, 0.25) is 0 Å². The number of nitrogens with one attached hydrogen (secondary N) is 1. The highest BCUT2D eigenvalue weighted by Crippen LogP contribution is 2.36. The van der Waals surface area contributed by atoms with Crippen LogP contribution in [0.4, 0.5) is 0 Å². The van der Waals surface area contributed by atoms with E-state index in [9.17, 15) is 0 Å². The lowest BCUT2D eigenvalue weighted by atomic mass is 10.1. The fourth-order valence-corrected chi connectivity index (χ4v) is 3.33. The second-order valence-electron chi connectivity index (χ2n) is 5.82. The van der Waals surface area contributed by atoms with Crippen LogP contribution in [0.3, 0.4) is 0 Å². The summed E-state index contributed by atoms with van der Waals surface area (Å²) >= 11 is 0. The van der Waals surface area contributed by atoms with Crippen LogP contribution in [0.1, 0.15) is 36.6 Å². The molecule has 0 bridgehead atoms. The molecule has 4 nitrogen and oxygen atoms in total. The zero-order valence-corrected chi connectivity index (χ0v) is 12.2. The first kappa shape index (κ1) is 14.0. The molecule has 0 amide bonds. The van der Waals surface area contributed by atoms with E-state index in [1.807, 2.05) is 0 Å². The fourth-order valence-electron chi connectivity index (χ4n) is 3.33. The zero-order chi connectivity index (χ0) is 13.9. The summed E-state index contributed by atoms with van der Waals surface area (Å²) in [5.74, 6) is 0. The standard InChI is InChI=1S/C16H25N3O/c1-2-19-7-8-20-12(11-19)10-18-16-9-15(17)13-5-3-4-6-14(13)16/h3-6,12,15-16,18H,2,7-11,17H2,1H3. The van der Waals surface area contributed by atoms with E-state index >= 15 is 0 Å². The summed E-state index contributed by atoms with van der Waals surface area (Å²) in [6.07, 6.45) is 1.29. The summed E-state index contributed by atoms with van der Waals surface area (Å²) < 4.78 is 5.85. The molecule has 1 heterocycles. The van der Waals surface area contributed by atoms with Crippen LogP contribution < -0.4 is 11.1 Å². The number of nitrogens with two attached hydrogens (primary N) is 1. The maximum Gasteiger partial charge on any atom is 0.0826 e. The monoisotopic (exact) mass is 275 g/mol. The normalized spacial score (nSPS) is 30.4. The molecule has 0 aromatic heterocycles. The third kappa shape index (κ3) is 2.88. The van der Waals surface area contributed by atoms with Crippen molar-refractivity contribution in [3.05, 3.63) is 35.4 Å². The van der Waals surface area contributed by atoms with E-state index in [4.69, 9.17) is 10.5 Å². The van der Waals surface area contributed by atoms with E-state index in [1.54, 1.807) is 0 Å². The molecule has 3 unspecified atom stereocenters. The molecule has 2 aliphatic rings. The van der Waals surface area contributed by atoms with Gasteiger partial charge in [0.1, 0.15) is 0 Å². The van der Waals surface area contributed by atoms with E-state index in [0.717, 1.165) is 39.2 Å². The Hall–Kier alpha value is -0.940. The summed E-state index contributed by atoms with van der Waals surface area (Å²) in [6, 6.07) is 9.06. The lowest BCUT2D eigenvalue weighted by Crippen LogP contribution is -2.46. The molecule has 3 atom stereocenters. The number of morpholine rings is 1. The average Bonchev–Trinajstić information content (AvgIpc) is 2.82. The number of hydrogen-bond donors (Lipinski definition) is 2. The number of ether oxygens (including phenoxy) is 1. The summed E-state index contributed by atoms with van der Waals surface area (Å²) in [5.41, 5.74) is 8.87. The Kier molecular flexibility index (Phi) is 4.36. The summed E-state index contributed by atoms with van der Waals surface area (Å²) in [5, 5.41) is 3.65. The Bertz CT molecular complexity index is 451. The molecular weight excluding hydrogens is 250 g/mol. The molecular formula is C16H25N3O. The second kappa shape index (κ2) is 6.22. The van der Waals surface area contributed by atoms with Gasteiger partial charge in [-0.3, -0.25) is 4.90 Å². The zero-order valence-electron chi connectivity index (χ0n) is 12.2. The van der Waals surface area contributed by atoms with E-state index in [2.05, 4.69) is 41.4 Å². The molecule has 4 heteroatoms. The van der Waals surface area contributed by atoms with Crippen LogP contribution in [0.15, 0.2) is 24.3 Å². The molecule has 1 aromatic rings. The number of nitrogens with zero attached hydrogens (tertiary/aromatic N) is 1. The average molecular weight is 275 g/mol. The van der Waals surface area contributed by atoms with Crippen LogP contribution in [0.5, 0.6) is 0 Å². The first-order chi connectivity index (χ1) is 9.78. The quantitative estimate of drug-likeness (QED) is 0.873. The first-order valence-electron chi connectivity index (χ1n) is 7.69. The van der Waals surface area contributed by atoms with Crippen molar-refractivity contribution in [2.24, 2.45) is 5.73 Å². The van der Waals surface area contributed by atoms with Gasteiger partial charge >= 0.3 is 0 Å². The third-order valence-corrected chi connectivity index (χ3v) is 4.52. The smallest absolute Gasteiger partial charge is 0.0826 e. The lowest BCUT2D eigenvalue weighted by molar-refractivity contribution is -0.0264. The Morgan fingerprint density at radius 2 is 2.15 bits per heavy atom. The van der Waals surface area contributed by atoms with E-state index in [1.165, 1.54) is 11.1 Å². The molecule has 20 heavy (non-hydrogen) atoms. The van der Waals surface area contributed by atoms with Gasteiger partial charge in [0, 0.05) is 31.7 Å². The van der Waals surface area contributed by atoms with Crippen molar-refractivity contribution in [1.29, 1.82) is 0 Å². The minimum Gasteiger partial charge on any atom is -0.374 e. The van der Waals surface area contributed by atoms with Crippen molar-refractivity contribution in [3.63, 3.8) is 0 Å². The molecule has 1 fully saturated rings. The van der Waals surface area contributed by atoms with Crippen molar-refractivity contribution < 1.29 is 4.74 Å². The fraction of sp³-hybridized carbons (Fsp3) is 0.625. The third-order valence-electron chi connectivity index (χ3n) is 4.52. The van der Waals surface area contributed by atoms with Gasteiger partial charge in [-0.25, -0.2) is 0 Å². The number of likely N-dealkylation sites (N-methyl/N-ethyl adjacent to an activating group) is 1. The van der Waals surface area contributed by atoms with Gasteiger partial charge in [-0.15, -0.1) is 0 Å². The van der Waals surface area contributed by atoms with Gasteiger partial charge in [-0.1, -0.05) is 31.2 Å². The van der Waals surface area contributed by atoms with Gasteiger partial charge in [-0.05, 0) is 24.1 Å². The van der Waals surface area contributed by atoms with E-state index in [0.29, 0.717) is 12.1 Å². The molecule has 3 N–H and O–H groups in total. The van der Waals surface area contributed by atoms with Crippen LogP contribution in [0, 0.1) is 0 Å². The van der Waals surface area contributed by atoms with Crippen LogP contribution >= 0.6 is 0 Å². The van der Waals surface area contributed by atoms with Crippen LogP contribution in [-0.2, 0) is 4.74 Å². The van der Waals surface area contributed by atoms with Crippen LogP contribution in [-0.4, -0.2) is 43.8 Å². The molecule has 1 aromatic carbocycles. The molecule has 0 spiro atoms. The number of benzene rings is 1. The van der Waals surface area contributed by atoms with E-state index in [-0.39, 0.29) is 6.04 Å². The highest BCUT2D eigenvalue weighted by molar-refractivity contribution is 5.37. The highest BCUT2D eigenvalue weighted by atomic mass is 16.5. The maximum atomic E-state index is 6.21. The lowest BCUT2D eigenvalue weighted by Gasteiger charge is -2.32. The Labute approximate surface area is 121 Å². The Morgan fingerprint density at radius 3 is 2.95 bits per heavy atom. The highest BCUT2D eigenvalue weighted by Gasteiger charge is 2.29. The molecule has 1 aliphatic carbocycles. The van der Waals surface area contributed by atoms with Gasteiger partial charge < -0.3 is 15.8 Å². The van der Waals surface area contributed by atoms with Crippen LogP contribution in [0.25, 0.3) is 0 Å². The second-order valence-corrected chi connectivity index (χ2v) is 5.82. The molecule has 1 saturated heterocycles. The molecule has 0 saturated carbocycles. The SMILES string of the molecule is CCN1CCOC(CNC2CC(N)c3ccccc32)C1. The number of fused-ring (bicyclic) bond motifs is 1. The topological polar surface area (TPSA) is 50.5 Å². The number of rotatable bonds is 4. The van der Waals surface area contributed by atoms with Gasteiger partial charge in [-0.2, -0.15) is 0 Å². The molecule has 1 aliphatic heterocycles. The van der Waals surface area contributed by atoms with Gasteiger partial charge in [0.25, 0.3) is 0 Å². The minimum absolute atomic E-state index is 0.170. The predicted octanol–water partition coefficient (Wildman–Crippen LogP) is 1.44. The van der Waals surface area contributed by atoms with Crippen molar-refractivity contribution in [3.8, 4) is 0 Å². The van der Waals surface area contributed by atoms with Crippen molar-refractivity contribution >= 4 is 0 Å². The van der Waals surface area contributed by atoms with Gasteiger partial charge in [0.15, 0.2) is 0 Å². The van der Waals surface area contributed by atoms with Crippen LogP contribution in [0.2, 0.25) is 0 Å². The van der Waals surface area contributed by atoms with Crippen molar-refractivity contribution in [1.82, 2.24) is 10.2 Å².